The van der Waals surface area contributed by atoms with Gasteiger partial charge in [-0.15, -0.1) is 0 Å². The lowest BCUT2D eigenvalue weighted by molar-refractivity contribution is 0.0946. The molecule has 0 bridgehead atoms. The van der Waals surface area contributed by atoms with E-state index in [0.29, 0.717) is 18.0 Å². The van der Waals surface area contributed by atoms with Crippen molar-refractivity contribution in [3.05, 3.63) is 109 Å². The lowest BCUT2D eigenvalue weighted by Crippen LogP contribution is -2.23. The minimum absolute atomic E-state index is 0.238. The number of anilines is 2. The standard InChI is InChI=1S/C24H20N4O2/c29-24(27-16-18-7-6-14-25-15-18)22-13-12-19(17-26-22)28-21-10-4-5-11-23(21)30-20-8-2-1-3-9-20/h1-15,17,28H,16H2,(H,27,29). The summed E-state index contributed by atoms with van der Waals surface area (Å²) in [6, 6.07) is 24.5. The molecular weight excluding hydrogens is 376 g/mol. The van der Waals surface area contributed by atoms with Gasteiger partial charge in [0, 0.05) is 18.9 Å². The molecule has 2 heterocycles. The highest BCUT2D eigenvalue weighted by molar-refractivity contribution is 5.92. The highest BCUT2D eigenvalue weighted by Gasteiger charge is 2.09. The van der Waals surface area contributed by atoms with E-state index in [9.17, 15) is 4.79 Å². The van der Waals surface area contributed by atoms with Gasteiger partial charge in [0.15, 0.2) is 5.75 Å². The third-order valence-corrected chi connectivity index (χ3v) is 4.31. The largest absolute Gasteiger partial charge is 0.455 e. The monoisotopic (exact) mass is 396 g/mol. The van der Waals surface area contributed by atoms with Gasteiger partial charge in [-0.2, -0.15) is 0 Å². The Morgan fingerprint density at radius 1 is 0.867 bits per heavy atom. The van der Waals surface area contributed by atoms with Crippen molar-refractivity contribution < 1.29 is 9.53 Å². The molecule has 0 aliphatic rings. The zero-order valence-electron chi connectivity index (χ0n) is 16.2. The number of amides is 1. The van der Waals surface area contributed by atoms with Crippen LogP contribution in [-0.2, 0) is 6.54 Å². The van der Waals surface area contributed by atoms with Crippen LogP contribution in [-0.4, -0.2) is 15.9 Å². The Kier molecular flexibility index (Phi) is 5.96. The van der Waals surface area contributed by atoms with Crippen molar-refractivity contribution in [3.8, 4) is 11.5 Å². The Morgan fingerprint density at radius 3 is 2.47 bits per heavy atom. The summed E-state index contributed by atoms with van der Waals surface area (Å²) in [6.07, 6.45) is 5.04. The molecule has 4 rings (SSSR count). The normalized spacial score (nSPS) is 10.3. The van der Waals surface area contributed by atoms with Gasteiger partial charge in [-0.05, 0) is 48.0 Å². The van der Waals surface area contributed by atoms with Gasteiger partial charge in [0.1, 0.15) is 11.4 Å². The quantitative estimate of drug-likeness (QED) is 0.463. The summed E-state index contributed by atoms with van der Waals surface area (Å²) in [5.41, 5.74) is 2.83. The number of benzene rings is 2. The predicted octanol–water partition coefficient (Wildman–Crippen LogP) is 4.94. The first-order valence-corrected chi connectivity index (χ1v) is 9.50. The second kappa shape index (κ2) is 9.34. The van der Waals surface area contributed by atoms with Crippen LogP contribution in [0.25, 0.3) is 0 Å². The third-order valence-electron chi connectivity index (χ3n) is 4.31. The van der Waals surface area contributed by atoms with E-state index in [-0.39, 0.29) is 5.91 Å². The Labute approximate surface area is 174 Å². The molecule has 1 amide bonds. The molecule has 0 spiro atoms. The Hall–Kier alpha value is -4.19. The highest BCUT2D eigenvalue weighted by atomic mass is 16.5. The number of para-hydroxylation sites is 3. The van der Waals surface area contributed by atoms with Crippen molar-refractivity contribution >= 4 is 17.3 Å². The molecule has 4 aromatic rings. The minimum atomic E-state index is -0.238. The Morgan fingerprint density at radius 2 is 1.70 bits per heavy atom. The molecule has 6 heteroatoms. The predicted molar refractivity (Wildman–Crippen MR) is 116 cm³/mol. The van der Waals surface area contributed by atoms with Crippen molar-refractivity contribution in [1.82, 2.24) is 15.3 Å². The summed E-state index contributed by atoms with van der Waals surface area (Å²) >= 11 is 0. The number of nitrogens with zero attached hydrogens (tertiary/aromatic N) is 2. The molecule has 0 aliphatic heterocycles. The first kappa shape index (κ1) is 19.1. The number of pyridine rings is 2. The van der Waals surface area contributed by atoms with E-state index < -0.39 is 0 Å². The number of aromatic nitrogens is 2. The minimum Gasteiger partial charge on any atom is -0.455 e. The summed E-state index contributed by atoms with van der Waals surface area (Å²) in [7, 11) is 0. The fourth-order valence-electron chi connectivity index (χ4n) is 2.81. The zero-order chi connectivity index (χ0) is 20.6. The third kappa shape index (κ3) is 4.99. The van der Waals surface area contributed by atoms with Crippen molar-refractivity contribution in [1.29, 1.82) is 0 Å². The summed E-state index contributed by atoms with van der Waals surface area (Å²) in [5.74, 6) is 1.21. The molecule has 2 aromatic heterocycles. The molecule has 148 valence electrons. The number of hydrogen-bond acceptors (Lipinski definition) is 5. The number of carbonyl (C=O) groups is 1. The van der Waals surface area contributed by atoms with Gasteiger partial charge in [0.2, 0.25) is 0 Å². The molecule has 2 N–H and O–H groups in total. The van der Waals surface area contributed by atoms with E-state index in [4.69, 9.17) is 4.74 Å². The maximum absolute atomic E-state index is 12.3. The molecule has 0 saturated carbocycles. The molecular formula is C24H20N4O2. The van der Waals surface area contributed by atoms with Gasteiger partial charge in [0.05, 0.1) is 17.6 Å². The number of ether oxygens (including phenoxy) is 1. The smallest absolute Gasteiger partial charge is 0.270 e. The first-order valence-electron chi connectivity index (χ1n) is 9.50. The van der Waals surface area contributed by atoms with Crippen molar-refractivity contribution in [2.75, 3.05) is 5.32 Å². The van der Waals surface area contributed by atoms with E-state index >= 15 is 0 Å². The highest BCUT2D eigenvalue weighted by Crippen LogP contribution is 2.31. The average Bonchev–Trinajstić information content (AvgIpc) is 2.81. The molecule has 0 fully saturated rings. The van der Waals surface area contributed by atoms with Crippen LogP contribution in [0, 0.1) is 0 Å². The molecule has 0 aliphatic carbocycles. The summed E-state index contributed by atoms with van der Waals surface area (Å²) in [6.45, 7) is 0.401. The molecule has 0 radical (unpaired) electrons. The average molecular weight is 396 g/mol. The fraction of sp³-hybridized carbons (Fsp3) is 0.0417. The topological polar surface area (TPSA) is 76.1 Å². The summed E-state index contributed by atoms with van der Waals surface area (Å²) < 4.78 is 5.97. The van der Waals surface area contributed by atoms with E-state index in [2.05, 4.69) is 20.6 Å². The molecule has 0 unspecified atom stereocenters. The van der Waals surface area contributed by atoms with Crippen LogP contribution in [0.3, 0.4) is 0 Å². The van der Waals surface area contributed by atoms with Gasteiger partial charge in [0.25, 0.3) is 5.91 Å². The van der Waals surface area contributed by atoms with Crippen LogP contribution in [0.1, 0.15) is 16.1 Å². The number of carbonyl (C=O) groups excluding carboxylic acids is 1. The van der Waals surface area contributed by atoms with Crippen LogP contribution in [0.2, 0.25) is 0 Å². The summed E-state index contributed by atoms with van der Waals surface area (Å²) in [5, 5.41) is 6.13. The number of nitrogens with one attached hydrogen (secondary N) is 2. The second-order valence-electron chi connectivity index (χ2n) is 6.51. The van der Waals surface area contributed by atoms with Crippen molar-refractivity contribution in [3.63, 3.8) is 0 Å². The second-order valence-corrected chi connectivity index (χ2v) is 6.51. The first-order chi connectivity index (χ1) is 14.8. The van der Waals surface area contributed by atoms with Crippen molar-refractivity contribution in [2.24, 2.45) is 0 Å². The van der Waals surface area contributed by atoms with E-state index in [0.717, 1.165) is 22.7 Å². The van der Waals surface area contributed by atoms with Crippen LogP contribution < -0.4 is 15.4 Å². The number of hydrogen-bond donors (Lipinski definition) is 2. The van der Waals surface area contributed by atoms with Crippen LogP contribution >= 0.6 is 0 Å². The maximum atomic E-state index is 12.3. The van der Waals surface area contributed by atoms with Crippen LogP contribution in [0.4, 0.5) is 11.4 Å². The van der Waals surface area contributed by atoms with Crippen LogP contribution in [0.15, 0.2) is 97.5 Å². The van der Waals surface area contributed by atoms with E-state index in [1.54, 1.807) is 24.7 Å². The Balaban J connectivity index is 1.41. The van der Waals surface area contributed by atoms with Gasteiger partial charge >= 0.3 is 0 Å². The van der Waals surface area contributed by atoms with Gasteiger partial charge < -0.3 is 15.4 Å². The zero-order valence-corrected chi connectivity index (χ0v) is 16.2. The molecule has 30 heavy (non-hydrogen) atoms. The van der Waals surface area contributed by atoms with E-state index in [1.807, 2.05) is 72.8 Å². The van der Waals surface area contributed by atoms with Gasteiger partial charge in [-0.1, -0.05) is 36.4 Å². The van der Waals surface area contributed by atoms with E-state index in [1.165, 1.54) is 0 Å². The number of rotatable bonds is 7. The molecule has 6 nitrogen and oxygen atoms in total. The maximum Gasteiger partial charge on any atom is 0.270 e. The molecule has 2 aromatic carbocycles. The Bertz CT molecular complexity index is 1100. The van der Waals surface area contributed by atoms with Crippen molar-refractivity contribution in [2.45, 2.75) is 6.54 Å². The van der Waals surface area contributed by atoms with Gasteiger partial charge in [-0.25, -0.2) is 4.98 Å². The molecule has 0 saturated heterocycles. The summed E-state index contributed by atoms with van der Waals surface area (Å²) in [4.78, 5) is 20.6. The SMILES string of the molecule is O=C(NCc1cccnc1)c1ccc(Nc2ccccc2Oc2ccccc2)cn1. The fourth-order valence-corrected chi connectivity index (χ4v) is 2.81. The van der Waals surface area contributed by atoms with Crippen LogP contribution in [0.5, 0.6) is 11.5 Å². The molecule has 0 atom stereocenters. The lowest BCUT2D eigenvalue weighted by Gasteiger charge is -2.13. The van der Waals surface area contributed by atoms with Gasteiger partial charge in [-0.3, -0.25) is 9.78 Å². The lowest BCUT2D eigenvalue weighted by atomic mass is 10.2.